The third-order valence-electron chi connectivity index (χ3n) is 5.07. The summed E-state index contributed by atoms with van der Waals surface area (Å²) in [5, 5.41) is 3.31. The summed E-state index contributed by atoms with van der Waals surface area (Å²) in [5.74, 6) is 2.67. The number of halogens is 1. The highest BCUT2D eigenvalue weighted by molar-refractivity contribution is 5.79. The fourth-order valence-corrected chi connectivity index (χ4v) is 3.53. The molecule has 31 heavy (non-hydrogen) atoms. The molecule has 2 aromatic carbocycles. The predicted octanol–water partition coefficient (Wildman–Crippen LogP) is 5.28. The van der Waals surface area contributed by atoms with E-state index in [0.717, 1.165) is 46.9 Å². The first-order chi connectivity index (χ1) is 15.1. The van der Waals surface area contributed by atoms with E-state index in [1.807, 2.05) is 30.3 Å². The average molecular weight is 420 g/mol. The number of hydrogen-bond acceptors (Lipinski definition) is 5. The maximum Gasteiger partial charge on any atom is 0.162 e. The Hall–Kier alpha value is -3.61. The molecule has 0 spiro atoms. The maximum absolute atomic E-state index is 13.1. The molecule has 6 nitrogen and oxygen atoms in total. The van der Waals surface area contributed by atoms with Crippen molar-refractivity contribution in [2.75, 3.05) is 19.5 Å². The molecular formula is C24H25FN4O2. The molecule has 0 aliphatic rings. The van der Waals surface area contributed by atoms with Gasteiger partial charge in [0.15, 0.2) is 17.1 Å². The predicted molar refractivity (Wildman–Crippen MR) is 120 cm³/mol. The Morgan fingerprint density at radius 3 is 2.42 bits per heavy atom. The number of hydrogen-bond donors (Lipinski definition) is 1. The van der Waals surface area contributed by atoms with Crippen LogP contribution in [-0.4, -0.2) is 28.8 Å². The van der Waals surface area contributed by atoms with Crippen molar-refractivity contribution >= 4 is 17.0 Å². The minimum absolute atomic E-state index is 0.241. The zero-order chi connectivity index (χ0) is 21.8. The van der Waals surface area contributed by atoms with E-state index in [-0.39, 0.29) is 5.82 Å². The van der Waals surface area contributed by atoms with Gasteiger partial charge in [0.2, 0.25) is 0 Å². The van der Waals surface area contributed by atoms with E-state index in [1.54, 1.807) is 26.4 Å². The highest BCUT2D eigenvalue weighted by Crippen LogP contribution is 2.33. The lowest BCUT2D eigenvalue weighted by molar-refractivity contribution is 0.355. The third kappa shape index (κ3) is 4.30. The van der Waals surface area contributed by atoms with Crippen LogP contribution in [0.15, 0.2) is 54.6 Å². The van der Waals surface area contributed by atoms with Crippen LogP contribution in [0.5, 0.6) is 11.5 Å². The smallest absolute Gasteiger partial charge is 0.162 e. The van der Waals surface area contributed by atoms with Gasteiger partial charge in [-0.2, -0.15) is 0 Å². The summed E-state index contributed by atoms with van der Waals surface area (Å²) in [6, 6.07) is 16.1. The van der Waals surface area contributed by atoms with Gasteiger partial charge in [0.1, 0.15) is 23.0 Å². The van der Waals surface area contributed by atoms with Gasteiger partial charge >= 0.3 is 0 Å². The van der Waals surface area contributed by atoms with Crippen LogP contribution in [0.2, 0.25) is 0 Å². The largest absolute Gasteiger partial charge is 0.493 e. The number of ether oxygens (including phenoxy) is 2. The summed E-state index contributed by atoms with van der Waals surface area (Å²) in [5.41, 5.74) is 3.56. The van der Waals surface area contributed by atoms with Crippen LogP contribution in [0.1, 0.15) is 18.9 Å². The van der Waals surface area contributed by atoms with Gasteiger partial charge in [-0.1, -0.05) is 19.1 Å². The van der Waals surface area contributed by atoms with Gasteiger partial charge in [-0.15, -0.1) is 0 Å². The van der Waals surface area contributed by atoms with Crippen molar-refractivity contribution in [1.29, 1.82) is 0 Å². The van der Waals surface area contributed by atoms with Crippen molar-refractivity contribution in [3.05, 3.63) is 66.0 Å². The zero-order valence-electron chi connectivity index (χ0n) is 17.9. The maximum atomic E-state index is 13.1. The minimum Gasteiger partial charge on any atom is -0.493 e. The zero-order valence-corrected chi connectivity index (χ0v) is 17.9. The number of pyridine rings is 1. The number of aryl methyl sites for hydroxylation is 1. The Labute approximate surface area is 180 Å². The molecule has 2 aromatic heterocycles. The van der Waals surface area contributed by atoms with E-state index in [0.29, 0.717) is 18.0 Å². The van der Waals surface area contributed by atoms with Gasteiger partial charge in [-0.05, 0) is 54.4 Å². The van der Waals surface area contributed by atoms with Crippen LogP contribution >= 0.6 is 0 Å². The summed E-state index contributed by atoms with van der Waals surface area (Å²) in [6.45, 7) is 3.47. The summed E-state index contributed by atoms with van der Waals surface area (Å²) in [4.78, 5) is 9.64. The van der Waals surface area contributed by atoms with Crippen molar-refractivity contribution in [2.24, 2.45) is 0 Å². The molecule has 0 unspecified atom stereocenters. The molecule has 2 heterocycles. The van der Waals surface area contributed by atoms with Crippen LogP contribution in [-0.2, 0) is 13.1 Å². The second kappa shape index (κ2) is 9.04. The molecule has 0 saturated heterocycles. The molecule has 0 aliphatic heterocycles. The number of aromatic nitrogens is 3. The molecule has 0 bridgehead atoms. The fraction of sp³-hybridized carbons (Fsp3) is 0.250. The molecule has 160 valence electrons. The van der Waals surface area contributed by atoms with Gasteiger partial charge in [0.05, 0.1) is 14.2 Å². The first kappa shape index (κ1) is 20.7. The molecule has 0 radical (unpaired) electrons. The van der Waals surface area contributed by atoms with E-state index in [2.05, 4.69) is 16.8 Å². The molecule has 4 aromatic rings. The summed E-state index contributed by atoms with van der Waals surface area (Å²) in [6.07, 6.45) is 0.945. The Bertz CT molecular complexity index is 1190. The first-order valence-corrected chi connectivity index (χ1v) is 10.2. The second-order valence-corrected chi connectivity index (χ2v) is 7.18. The summed E-state index contributed by atoms with van der Waals surface area (Å²) < 4.78 is 26.1. The Balaban J connectivity index is 1.69. The average Bonchev–Trinajstić information content (AvgIpc) is 3.16. The topological polar surface area (TPSA) is 61.2 Å². The lowest BCUT2D eigenvalue weighted by Gasteiger charge is -2.11. The van der Waals surface area contributed by atoms with Crippen LogP contribution in [0.25, 0.3) is 22.6 Å². The SMILES string of the molecule is CCCn1c(-c2ccc(OC)c(OC)c2)nc2ccc(NCc3ccc(F)cc3)nc21. The Morgan fingerprint density at radius 2 is 1.71 bits per heavy atom. The Morgan fingerprint density at radius 1 is 0.935 bits per heavy atom. The van der Waals surface area contributed by atoms with Crippen molar-refractivity contribution < 1.29 is 13.9 Å². The number of fused-ring (bicyclic) bond motifs is 1. The second-order valence-electron chi connectivity index (χ2n) is 7.18. The van der Waals surface area contributed by atoms with Gasteiger partial charge in [0.25, 0.3) is 0 Å². The summed E-state index contributed by atoms with van der Waals surface area (Å²) in [7, 11) is 3.24. The van der Waals surface area contributed by atoms with Crippen molar-refractivity contribution in [3.8, 4) is 22.9 Å². The van der Waals surface area contributed by atoms with E-state index >= 15 is 0 Å². The Kier molecular flexibility index (Phi) is 6.02. The molecule has 0 fully saturated rings. The number of imidazole rings is 1. The molecule has 0 atom stereocenters. The van der Waals surface area contributed by atoms with E-state index < -0.39 is 0 Å². The lowest BCUT2D eigenvalue weighted by Crippen LogP contribution is -2.04. The van der Waals surface area contributed by atoms with E-state index in [4.69, 9.17) is 19.4 Å². The van der Waals surface area contributed by atoms with Crippen LogP contribution in [0.4, 0.5) is 10.2 Å². The van der Waals surface area contributed by atoms with Crippen LogP contribution in [0, 0.1) is 5.82 Å². The number of anilines is 1. The number of rotatable bonds is 8. The molecule has 0 aliphatic carbocycles. The minimum atomic E-state index is -0.241. The van der Waals surface area contributed by atoms with Crippen LogP contribution in [0.3, 0.4) is 0 Å². The third-order valence-corrected chi connectivity index (χ3v) is 5.07. The summed E-state index contributed by atoms with van der Waals surface area (Å²) >= 11 is 0. The van der Waals surface area contributed by atoms with Gasteiger partial charge in [-0.3, -0.25) is 0 Å². The van der Waals surface area contributed by atoms with Crippen molar-refractivity contribution in [3.63, 3.8) is 0 Å². The van der Waals surface area contributed by atoms with Crippen molar-refractivity contribution in [1.82, 2.24) is 14.5 Å². The molecule has 0 saturated carbocycles. The van der Waals surface area contributed by atoms with Gasteiger partial charge in [0, 0.05) is 18.7 Å². The number of benzene rings is 2. The van der Waals surface area contributed by atoms with Crippen molar-refractivity contribution in [2.45, 2.75) is 26.4 Å². The number of methoxy groups -OCH3 is 2. The molecular weight excluding hydrogens is 395 g/mol. The normalized spacial score (nSPS) is 11.0. The number of nitrogens with one attached hydrogen (secondary N) is 1. The van der Waals surface area contributed by atoms with E-state index in [1.165, 1.54) is 12.1 Å². The molecule has 1 N–H and O–H groups in total. The first-order valence-electron chi connectivity index (χ1n) is 10.2. The lowest BCUT2D eigenvalue weighted by atomic mass is 10.2. The fourth-order valence-electron chi connectivity index (χ4n) is 3.53. The van der Waals surface area contributed by atoms with Gasteiger partial charge < -0.3 is 19.4 Å². The van der Waals surface area contributed by atoms with Gasteiger partial charge in [-0.25, -0.2) is 14.4 Å². The highest BCUT2D eigenvalue weighted by Gasteiger charge is 2.16. The molecule has 4 rings (SSSR count). The highest BCUT2D eigenvalue weighted by atomic mass is 19.1. The van der Waals surface area contributed by atoms with Crippen LogP contribution < -0.4 is 14.8 Å². The monoisotopic (exact) mass is 420 g/mol. The quantitative estimate of drug-likeness (QED) is 0.420. The van der Waals surface area contributed by atoms with E-state index in [9.17, 15) is 4.39 Å². The molecule has 7 heteroatoms. The number of nitrogens with zero attached hydrogens (tertiary/aromatic N) is 3. The standard InChI is InChI=1S/C24H25FN4O2/c1-4-13-29-23(17-7-11-20(30-2)21(14-17)31-3)27-19-10-12-22(28-24(19)29)26-15-16-5-8-18(25)9-6-16/h5-12,14H,4,13,15H2,1-3H3,(H,26,28). The molecule has 0 amide bonds.